The fraction of sp³-hybridized carbons (Fsp3) is 0.700. The molecule has 3 rings (SSSR count). The Hall–Kier alpha value is -1.26. The van der Waals surface area contributed by atoms with Crippen LogP contribution in [-0.2, 0) is 11.2 Å². The summed E-state index contributed by atoms with van der Waals surface area (Å²) in [6, 6.07) is 6.72. The van der Waals surface area contributed by atoms with Gasteiger partial charge in [-0.25, -0.2) is 0 Å². The van der Waals surface area contributed by atoms with Gasteiger partial charge in [0.2, 0.25) is 0 Å². The molecule has 0 bridgehead atoms. The molecule has 2 fully saturated rings. The van der Waals surface area contributed by atoms with Gasteiger partial charge < -0.3 is 10.2 Å². The highest BCUT2D eigenvalue weighted by molar-refractivity contribution is 5.79. The molecule has 4 heteroatoms. The molecule has 1 aromatic heterocycles. The predicted molar refractivity (Wildman–Crippen MR) is 96.9 cm³/mol. The number of hydrogen-bond acceptors (Lipinski definition) is 4. The van der Waals surface area contributed by atoms with Crippen LogP contribution < -0.4 is 5.32 Å². The lowest BCUT2D eigenvalue weighted by Crippen LogP contribution is -2.46. The molecule has 0 atom stereocenters. The van der Waals surface area contributed by atoms with Crippen molar-refractivity contribution in [2.75, 3.05) is 26.2 Å². The van der Waals surface area contributed by atoms with Crippen molar-refractivity contribution >= 4 is 5.78 Å². The lowest BCUT2D eigenvalue weighted by Gasteiger charge is -2.43. The Balaban J connectivity index is 1.67. The second-order valence-electron chi connectivity index (χ2n) is 8.07. The molecular weight excluding hydrogens is 298 g/mol. The largest absolute Gasteiger partial charge is 0.316 e. The summed E-state index contributed by atoms with van der Waals surface area (Å²) in [6.07, 6.45) is 6.51. The molecule has 2 aliphatic heterocycles. The van der Waals surface area contributed by atoms with Crippen LogP contribution in [0.15, 0.2) is 24.4 Å². The number of piperidine rings is 1. The molecule has 1 N–H and O–H groups in total. The van der Waals surface area contributed by atoms with Crippen molar-refractivity contribution < 1.29 is 4.79 Å². The molecule has 0 aliphatic carbocycles. The number of carbonyl (C=O) groups is 1. The molecule has 132 valence electrons. The monoisotopic (exact) mass is 329 g/mol. The normalized spacial score (nSPS) is 21.6. The molecular formula is C20H31N3O. The first-order valence-corrected chi connectivity index (χ1v) is 9.43. The van der Waals surface area contributed by atoms with Crippen LogP contribution in [0.25, 0.3) is 0 Å². The number of nitrogens with zero attached hydrogens (tertiary/aromatic N) is 2. The van der Waals surface area contributed by atoms with E-state index in [0.29, 0.717) is 17.7 Å². The number of hydrogen-bond donors (Lipinski definition) is 1. The zero-order chi connectivity index (χ0) is 17.0. The van der Waals surface area contributed by atoms with E-state index in [2.05, 4.69) is 41.2 Å². The van der Waals surface area contributed by atoms with E-state index >= 15 is 0 Å². The second-order valence-corrected chi connectivity index (χ2v) is 8.07. The van der Waals surface area contributed by atoms with E-state index in [-0.39, 0.29) is 5.41 Å². The lowest BCUT2D eigenvalue weighted by molar-refractivity contribution is -0.123. The summed E-state index contributed by atoms with van der Waals surface area (Å²) in [5.74, 6) is 1.02. The van der Waals surface area contributed by atoms with Crippen LogP contribution in [-0.4, -0.2) is 47.9 Å². The molecule has 0 aromatic carbocycles. The van der Waals surface area contributed by atoms with Crippen molar-refractivity contribution in [3.05, 3.63) is 30.1 Å². The fourth-order valence-corrected chi connectivity index (χ4v) is 4.12. The molecule has 4 nitrogen and oxygen atoms in total. The SMILES string of the molecule is CC(C)N1CCC(CC(=O)CC2CNC2)(Cc2ccccn2)CC1. The zero-order valence-electron chi connectivity index (χ0n) is 15.1. The van der Waals surface area contributed by atoms with Crippen molar-refractivity contribution in [3.63, 3.8) is 0 Å². The van der Waals surface area contributed by atoms with E-state index in [1.165, 1.54) is 0 Å². The van der Waals surface area contributed by atoms with Crippen molar-refractivity contribution in [2.45, 2.75) is 52.0 Å². The molecule has 0 saturated carbocycles. The van der Waals surface area contributed by atoms with E-state index < -0.39 is 0 Å². The molecule has 2 aliphatic rings. The van der Waals surface area contributed by atoms with Gasteiger partial charge in [-0.3, -0.25) is 9.78 Å². The van der Waals surface area contributed by atoms with Crippen LogP contribution in [0.4, 0.5) is 0 Å². The third-order valence-corrected chi connectivity index (χ3v) is 5.83. The third kappa shape index (κ3) is 4.42. The summed E-state index contributed by atoms with van der Waals surface area (Å²) < 4.78 is 0. The number of carbonyl (C=O) groups excluding carboxylic acids is 1. The van der Waals surface area contributed by atoms with E-state index in [9.17, 15) is 4.79 Å². The van der Waals surface area contributed by atoms with Gasteiger partial charge in [-0.15, -0.1) is 0 Å². The van der Waals surface area contributed by atoms with Crippen molar-refractivity contribution in [1.82, 2.24) is 15.2 Å². The quantitative estimate of drug-likeness (QED) is 0.835. The van der Waals surface area contributed by atoms with Gasteiger partial charge in [0.15, 0.2) is 0 Å². The molecule has 0 radical (unpaired) electrons. The summed E-state index contributed by atoms with van der Waals surface area (Å²) >= 11 is 0. The van der Waals surface area contributed by atoms with E-state index in [1.54, 1.807) is 0 Å². The van der Waals surface area contributed by atoms with Crippen LogP contribution in [0.1, 0.15) is 45.2 Å². The summed E-state index contributed by atoms with van der Waals surface area (Å²) in [5, 5.41) is 3.27. The van der Waals surface area contributed by atoms with Crippen molar-refractivity contribution in [3.8, 4) is 0 Å². The average molecular weight is 329 g/mol. The number of aromatic nitrogens is 1. The van der Waals surface area contributed by atoms with Crippen molar-refractivity contribution in [1.29, 1.82) is 0 Å². The Labute approximate surface area is 146 Å². The van der Waals surface area contributed by atoms with Crippen molar-refractivity contribution in [2.24, 2.45) is 11.3 Å². The van der Waals surface area contributed by atoms with Gasteiger partial charge in [-0.1, -0.05) is 6.07 Å². The van der Waals surface area contributed by atoms with Crippen LogP contribution >= 0.6 is 0 Å². The van der Waals surface area contributed by atoms with Crippen LogP contribution in [0, 0.1) is 11.3 Å². The summed E-state index contributed by atoms with van der Waals surface area (Å²) in [6.45, 7) is 8.76. The first-order valence-electron chi connectivity index (χ1n) is 9.43. The molecule has 24 heavy (non-hydrogen) atoms. The van der Waals surface area contributed by atoms with Crippen LogP contribution in [0.3, 0.4) is 0 Å². The smallest absolute Gasteiger partial charge is 0.133 e. The number of nitrogens with one attached hydrogen (secondary N) is 1. The maximum absolute atomic E-state index is 12.7. The minimum atomic E-state index is 0.105. The van der Waals surface area contributed by atoms with E-state index in [4.69, 9.17) is 0 Å². The molecule has 0 amide bonds. The first kappa shape index (κ1) is 17.6. The maximum Gasteiger partial charge on any atom is 0.133 e. The maximum atomic E-state index is 12.7. The second kappa shape index (κ2) is 7.75. The Bertz CT molecular complexity index is 531. The topological polar surface area (TPSA) is 45.2 Å². The highest BCUT2D eigenvalue weighted by Gasteiger charge is 2.38. The highest BCUT2D eigenvalue weighted by atomic mass is 16.1. The van der Waals surface area contributed by atoms with Crippen LogP contribution in [0.5, 0.6) is 0 Å². The van der Waals surface area contributed by atoms with Gasteiger partial charge in [0.05, 0.1) is 0 Å². The van der Waals surface area contributed by atoms with Gasteiger partial charge in [0.1, 0.15) is 5.78 Å². The zero-order valence-corrected chi connectivity index (χ0v) is 15.1. The molecule has 0 spiro atoms. The minimum Gasteiger partial charge on any atom is -0.316 e. The Morgan fingerprint density at radius 3 is 2.62 bits per heavy atom. The minimum absolute atomic E-state index is 0.105. The van der Waals surface area contributed by atoms with Gasteiger partial charge >= 0.3 is 0 Å². The number of Topliss-reactive ketones (excluding diaryl/α,β-unsaturated/α-hetero) is 1. The molecule has 3 heterocycles. The number of pyridine rings is 1. The summed E-state index contributed by atoms with van der Waals surface area (Å²) in [4.78, 5) is 19.7. The van der Waals surface area contributed by atoms with Gasteiger partial charge in [0, 0.05) is 30.8 Å². The number of likely N-dealkylation sites (tertiary alicyclic amines) is 1. The average Bonchev–Trinajstić information content (AvgIpc) is 2.52. The Kier molecular flexibility index (Phi) is 5.67. The van der Waals surface area contributed by atoms with E-state index in [0.717, 1.165) is 64.0 Å². The predicted octanol–water partition coefficient (Wildman–Crippen LogP) is 2.68. The first-order chi connectivity index (χ1) is 11.6. The highest BCUT2D eigenvalue weighted by Crippen LogP contribution is 2.39. The third-order valence-electron chi connectivity index (χ3n) is 5.83. The fourth-order valence-electron chi connectivity index (χ4n) is 4.12. The van der Waals surface area contributed by atoms with Gasteiger partial charge in [-0.2, -0.15) is 0 Å². The number of ketones is 1. The van der Waals surface area contributed by atoms with Gasteiger partial charge in [-0.05, 0) is 82.8 Å². The standard InChI is InChI=1S/C20H31N3O/c1-16(2)23-9-6-20(7-10-23,12-18-5-3-4-8-22-18)13-19(24)11-17-14-21-15-17/h3-5,8,16-17,21H,6-7,9-15H2,1-2H3. The molecule has 0 unspecified atom stereocenters. The van der Waals surface area contributed by atoms with Crippen LogP contribution in [0.2, 0.25) is 0 Å². The molecule has 2 saturated heterocycles. The number of rotatable bonds is 7. The Morgan fingerprint density at radius 2 is 2.08 bits per heavy atom. The summed E-state index contributed by atoms with van der Waals surface area (Å²) in [5.41, 5.74) is 1.24. The Morgan fingerprint density at radius 1 is 1.33 bits per heavy atom. The lowest BCUT2D eigenvalue weighted by atomic mass is 9.70. The van der Waals surface area contributed by atoms with Gasteiger partial charge in [0.25, 0.3) is 0 Å². The van der Waals surface area contributed by atoms with E-state index in [1.807, 2.05) is 12.3 Å². The summed E-state index contributed by atoms with van der Waals surface area (Å²) in [7, 11) is 0. The molecule has 1 aromatic rings.